The zero-order valence-corrected chi connectivity index (χ0v) is 11.8. The lowest BCUT2D eigenvalue weighted by Gasteiger charge is -2.17. The summed E-state index contributed by atoms with van der Waals surface area (Å²) >= 11 is 0. The van der Waals surface area contributed by atoms with Crippen molar-refractivity contribution in [3.05, 3.63) is 70.3 Å². The van der Waals surface area contributed by atoms with Gasteiger partial charge in [0.15, 0.2) is 5.78 Å². The summed E-state index contributed by atoms with van der Waals surface area (Å²) in [5.41, 5.74) is 5.40. The molecule has 1 heterocycles. The van der Waals surface area contributed by atoms with Crippen LogP contribution in [0.4, 0.5) is 0 Å². The number of fused-ring (bicyclic) bond motifs is 1. The topological polar surface area (TPSA) is 29.1 Å². The van der Waals surface area contributed by atoms with Crippen LogP contribution in [0.3, 0.4) is 0 Å². The van der Waals surface area contributed by atoms with E-state index >= 15 is 0 Å². The Morgan fingerprint density at radius 2 is 1.95 bits per heavy atom. The summed E-state index contributed by atoms with van der Waals surface area (Å²) in [4.78, 5) is 12.6. The minimum absolute atomic E-state index is 0.119. The molecule has 0 saturated heterocycles. The Bertz CT molecular complexity index is 646. The summed E-state index contributed by atoms with van der Waals surface area (Å²) in [6.45, 7) is 4.00. The molecule has 3 rings (SSSR count). The summed E-state index contributed by atoms with van der Waals surface area (Å²) in [5.74, 6) is 0.119. The first-order chi connectivity index (χ1) is 9.78. The Morgan fingerprint density at radius 1 is 1.10 bits per heavy atom. The Morgan fingerprint density at radius 3 is 2.80 bits per heavy atom. The molecule has 102 valence electrons. The van der Waals surface area contributed by atoms with E-state index in [-0.39, 0.29) is 5.78 Å². The number of carbonyl (C=O) groups is 1. The maximum atomic E-state index is 12.6. The lowest BCUT2D eigenvalue weighted by atomic mass is 9.94. The van der Waals surface area contributed by atoms with Gasteiger partial charge in [0.1, 0.15) is 0 Å². The van der Waals surface area contributed by atoms with E-state index in [9.17, 15) is 4.79 Å². The van der Waals surface area contributed by atoms with E-state index in [1.54, 1.807) is 0 Å². The second-order valence-electron chi connectivity index (χ2n) is 5.29. The van der Waals surface area contributed by atoms with Crippen LogP contribution in [-0.2, 0) is 19.4 Å². The highest BCUT2D eigenvalue weighted by molar-refractivity contribution is 6.09. The van der Waals surface area contributed by atoms with Gasteiger partial charge < -0.3 is 5.32 Å². The monoisotopic (exact) mass is 265 g/mol. The van der Waals surface area contributed by atoms with Crippen LogP contribution >= 0.6 is 0 Å². The molecule has 0 radical (unpaired) electrons. The van der Waals surface area contributed by atoms with Crippen LogP contribution in [0.5, 0.6) is 0 Å². The van der Waals surface area contributed by atoms with E-state index < -0.39 is 0 Å². The Kier molecular flexibility index (Phi) is 3.66. The van der Waals surface area contributed by atoms with Gasteiger partial charge in [0.05, 0.1) is 0 Å². The summed E-state index contributed by atoms with van der Waals surface area (Å²) in [6, 6.07) is 14.0. The third-order valence-electron chi connectivity index (χ3n) is 3.95. The van der Waals surface area contributed by atoms with Crippen LogP contribution in [0, 0.1) is 0 Å². The molecule has 0 atom stereocenters. The first-order valence-corrected chi connectivity index (χ1v) is 7.24. The number of aryl methyl sites for hydroxylation is 1. The predicted molar refractivity (Wildman–Crippen MR) is 81.1 cm³/mol. The van der Waals surface area contributed by atoms with Crippen molar-refractivity contribution in [2.75, 3.05) is 6.54 Å². The van der Waals surface area contributed by atoms with Crippen LogP contribution in [-0.4, -0.2) is 12.3 Å². The molecule has 0 bridgehead atoms. The van der Waals surface area contributed by atoms with Gasteiger partial charge in [-0.25, -0.2) is 0 Å². The van der Waals surface area contributed by atoms with Crippen molar-refractivity contribution in [1.29, 1.82) is 0 Å². The largest absolute Gasteiger partial charge is 0.312 e. The van der Waals surface area contributed by atoms with Gasteiger partial charge in [0.2, 0.25) is 0 Å². The highest BCUT2D eigenvalue weighted by atomic mass is 16.1. The average Bonchev–Trinajstić information content (AvgIpc) is 2.53. The maximum absolute atomic E-state index is 12.6. The maximum Gasteiger partial charge on any atom is 0.193 e. The number of nitrogens with one attached hydrogen (secondary N) is 1. The molecule has 0 aliphatic carbocycles. The third kappa shape index (κ3) is 2.52. The van der Waals surface area contributed by atoms with E-state index in [4.69, 9.17) is 0 Å². The molecule has 2 heteroatoms. The molecule has 2 aromatic rings. The molecule has 2 nitrogen and oxygen atoms in total. The first kappa shape index (κ1) is 13.1. The molecule has 0 spiro atoms. The van der Waals surface area contributed by atoms with Crippen molar-refractivity contribution in [3.8, 4) is 0 Å². The highest BCUT2D eigenvalue weighted by Crippen LogP contribution is 2.19. The smallest absolute Gasteiger partial charge is 0.193 e. The molecular formula is C18H19NO. The Hall–Kier alpha value is -1.93. The molecule has 1 aliphatic heterocycles. The van der Waals surface area contributed by atoms with Crippen LogP contribution in [0.2, 0.25) is 0 Å². The Labute approximate surface area is 119 Å². The Balaban J connectivity index is 1.93. The fraction of sp³-hybridized carbons (Fsp3) is 0.278. The lowest BCUT2D eigenvalue weighted by molar-refractivity contribution is 0.103. The minimum atomic E-state index is 0.119. The average molecular weight is 265 g/mol. The standard InChI is InChI=1S/C18H19NO/c1-2-13-4-3-5-15(10-13)18(20)16-7-6-14-8-9-19-12-17(14)11-16/h3-7,10-11,19H,2,8-9,12H2,1H3. The van der Waals surface area contributed by atoms with Crippen molar-refractivity contribution >= 4 is 5.78 Å². The number of ketones is 1. The zero-order chi connectivity index (χ0) is 13.9. The van der Waals surface area contributed by atoms with Gasteiger partial charge in [-0.05, 0) is 48.2 Å². The van der Waals surface area contributed by atoms with Gasteiger partial charge >= 0.3 is 0 Å². The highest BCUT2D eigenvalue weighted by Gasteiger charge is 2.14. The second kappa shape index (κ2) is 5.59. The van der Waals surface area contributed by atoms with Gasteiger partial charge in [0.25, 0.3) is 0 Å². The molecular weight excluding hydrogens is 246 g/mol. The van der Waals surface area contributed by atoms with Gasteiger partial charge in [-0.15, -0.1) is 0 Å². The second-order valence-corrected chi connectivity index (χ2v) is 5.29. The summed E-state index contributed by atoms with van der Waals surface area (Å²) in [5, 5.41) is 3.35. The number of rotatable bonds is 3. The first-order valence-electron chi connectivity index (χ1n) is 7.24. The summed E-state index contributed by atoms with van der Waals surface area (Å²) in [6.07, 6.45) is 2.00. The fourth-order valence-electron chi connectivity index (χ4n) is 2.72. The minimum Gasteiger partial charge on any atom is -0.312 e. The molecule has 2 aromatic carbocycles. The van der Waals surface area contributed by atoms with Gasteiger partial charge in [-0.3, -0.25) is 4.79 Å². The predicted octanol–water partition coefficient (Wildman–Crippen LogP) is 3.13. The molecule has 0 fully saturated rings. The van der Waals surface area contributed by atoms with Crippen molar-refractivity contribution < 1.29 is 4.79 Å². The van der Waals surface area contributed by atoms with Gasteiger partial charge in [-0.2, -0.15) is 0 Å². The quantitative estimate of drug-likeness (QED) is 0.864. The molecule has 0 unspecified atom stereocenters. The molecule has 0 amide bonds. The molecule has 1 aliphatic rings. The van der Waals surface area contributed by atoms with Gasteiger partial charge in [0, 0.05) is 17.7 Å². The molecule has 20 heavy (non-hydrogen) atoms. The van der Waals surface area contributed by atoms with E-state index in [2.05, 4.69) is 24.4 Å². The van der Waals surface area contributed by atoms with Crippen LogP contribution in [0.15, 0.2) is 42.5 Å². The van der Waals surface area contributed by atoms with E-state index in [0.717, 1.165) is 37.1 Å². The summed E-state index contributed by atoms with van der Waals surface area (Å²) in [7, 11) is 0. The zero-order valence-electron chi connectivity index (χ0n) is 11.8. The third-order valence-corrected chi connectivity index (χ3v) is 3.95. The van der Waals surface area contributed by atoms with Crippen molar-refractivity contribution in [3.63, 3.8) is 0 Å². The van der Waals surface area contributed by atoms with Crippen molar-refractivity contribution in [2.45, 2.75) is 26.3 Å². The molecule has 0 saturated carbocycles. The number of hydrogen-bond acceptors (Lipinski definition) is 2. The number of carbonyl (C=O) groups excluding carboxylic acids is 1. The van der Waals surface area contributed by atoms with Crippen molar-refractivity contribution in [1.82, 2.24) is 5.32 Å². The van der Waals surface area contributed by atoms with E-state index in [1.807, 2.05) is 30.3 Å². The van der Waals surface area contributed by atoms with E-state index in [1.165, 1.54) is 16.7 Å². The molecule has 0 aromatic heterocycles. The number of benzene rings is 2. The SMILES string of the molecule is CCc1cccc(C(=O)c2ccc3c(c2)CNCC3)c1. The van der Waals surface area contributed by atoms with Crippen LogP contribution in [0.25, 0.3) is 0 Å². The van der Waals surface area contributed by atoms with E-state index in [0.29, 0.717) is 0 Å². The van der Waals surface area contributed by atoms with Crippen LogP contribution in [0.1, 0.15) is 39.5 Å². The fourth-order valence-corrected chi connectivity index (χ4v) is 2.72. The number of hydrogen-bond donors (Lipinski definition) is 1. The normalized spacial score (nSPS) is 13.8. The van der Waals surface area contributed by atoms with Crippen molar-refractivity contribution in [2.24, 2.45) is 0 Å². The molecule has 1 N–H and O–H groups in total. The van der Waals surface area contributed by atoms with Gasteiger partial charge in [-0.1, -0.05) is 37.3 Å². The summed E-state index contributed by atoms with van der Waals surface area (Å²) < 4.78 is 0. The lowest BCUT2D eigenvalue weighted by Crippen LogP contribution is -2.23. The van der Waals surface area contributed by atoms with Crippen LogP contribution < -0.4 is 5.32 Å².